The predicted molar refractivity (Wildman–Crippen MR) is 78.3 cm³/mol. The fourth-order valence-corrected chi connectivity index (χ4v) is 3.55. The van der Waals surface area contributed by atoms with E-state index in [1.54, 1.807) is 0 Å². The zero-order valence-electron chi connectivity index (χ0n) is 12.4. The lowest BCUT2D eigenvalue weighted by atomic mass is 10.2. The standard InChI is InChI=1S/C13H28N2O3S/c1-4-8-19(16,17)9-6-15-5-7-18-11-13(15)10-14-12(2)3/h12-14H,4-11H2,1-3H3. The number of sulfone groups is 1. The number of hydrogen-bond acceptors (Lipinski definition) is 5. The Morgan fingerprint density at radius 1 is 1.37 bits per heavy atom. The summed E-state index contributed by atoms with van der Waals surface area (Å²) in [6, 6.07) is 0.723. The molecule has 0 aliphatic carbocycles. The van der Waals surface area contributed by atoms with Gasteiger partial charge in [0.15, 0.2) is 9.84 Å². The summed E-state index contributed by atoms with van der Waals surface area (Å²) in [5.74, 6) is 0.561. The van der Waals surface area contributed by atoms with E-state index in [1.165, 1.54) is 0 Å². The largest absolute Gasteiger partial charge is 0.378 e. The second-order valence-corrected chi connectivity index (χ2v) is 7.78. The first-order valence-corrected chi connectivity index (χ1v) is 9.02. The van der Waals surface area contributed by atoms with Crippen molar-refractivity contribution in [2.24, 2.45) is 0 Å². The lowest BCUT2D eigenvalue weighted by molar-refractivity contribution is -0.00432. The minimum Gasteiger partial charge on any atom is -0.378 e. The molecule has 1 unspecified atom stereocenters. The topological polar surface area (TPSA) is 58.6 Å². The van der Waals surface area contributed by atoms with Crippen molar-refractivity contribution in [3.05, 3.63) is 0 Å². The van der Waals surface area contributed by atoms with Crippen LogP contribution < -0.4 is 5.32 Å². The van der Waals surface area contributed by atoms with Gasteiger partial charge in [-0.3, -0.25) is 4.90 Å². The van der Waals surface area contributed by atoms with E-state index in [0.29, 0.717) is 38.0 Å². The minimum atomic E-state index is -2.89. The highest BCUT2D eigenvalue weighted by molar-refractivity contribution is 7.91. The molecule has 0 radical (unpaired) electrons. The molecule has 0 bridgehead atoms. The van der Waals surface area contributed by atoms with E-state index in [1.807, 2.05) is 6.92 Å². The van der Waals surface area contributed by atoms with Gasteiger partial charge in [0.05, 0.1) is 19.0 Å². The molecule has 1 aliphatic rings. The fraction of sp³-hybridized carbons (Fsp3) is 1.00. The second kappa shape index (κ2) is 8.19. The van der Waals surface area contributed by atoms with Crippen LogP contribution >= 0.6 is 0 Å². The summed E-state index contributed by atoms with van der Waals surface area (Å²) in [6.45, 7) is 9.81. The molecular weight excluding hydrogens is 264 g/mol. The molecule has 19 heavy (non-hydrogen) atoms. The van der Waals surface area contributed by atoms with Crippen LogP contribution in [0.3, 0.4) is 0 Å². The smallest absolute Gasteiger partial charge is 0.151 e. The molecule has 1 rings (SSSR count). The van der Waals surface area contributed by atoms with E-state index in [9.17, 15) is 8.42 Å². The van der Waals surface area contributed by atoms with Crippen LogP contribution in [0.25, 0.3) is 0 Å². The van der Waals surface area contributed by atoms with Gasteiger partial charge in [0, 0.05) is 37.5 Å². The van der Waals surface area contributed by atoms with Crippen molar-refractivity contribution in [2.75, 3.05) is 44.4 Å². The summed E-state index contributed by atoms with van der Waals surface area (Å²) in [5.41, 5.74) is 0. The van der Waals surface area contributed by atoms with E-state index < -0.39 is 9.84 Å². The van der Waals surface area contributed by atoms with Crippen molar-refractivity contribution in [3.8, 4) is 0 Å². The summed E-state index contributed by atoms with van der Waals surface area (Å²) in [7, 11) is -2.89. The molecule has 1 fully saturated rings. The van der Waals surface area contributed by atoms with E-state index >= 15 is 0 Å². The van der Waals surface area contributed by atoms with Gasteiger partial charge in [-0.15, -0.1) is 0 Å². The Morgan fingerprint density at radius 2 is 2.11 bits per heavy atom. The Kier molecular flexibility index (Phi) is 7.28. The van der Waals surface area contributed by atoms with Gasteiger partial charge in [-0.05, 0) is 6.42 Å². The third kappa shape index (κ3) is 6.70. The SMILES string of the molecule is CCCS(=O)(=O)CCN1CCOCC1CNC(C)C. The van der Waals surface area contributed by atoms with Crippen molar-refractivity contribution in [1.82, 2.24) is 10.2 Å². The zero-order valence-corrected chi connectivity index (χ0v) is 13.2. The van der Waals surface area contributed by atoms with Crippen molar-refractivity contribution in [3.63, 3.8) is 0 Å². The Balaban J connectivity index is 2.44. The quantitative estimate of drug-likeness (QED) is 0.706. The van der Waals surface area contributed by atoms with E-state index in [0.717, 1.165) is 13.1 Å². The van der Waals surface area contributed by atoms with E-state index in [4.69, 9.17) is 4.74 Å². The number of rotatable bonds is 8. The Labute approximate surface area is 117 Å². The second-order valence-electron chi connectivity index (χ2n) is 5.48. The van der Waals surface area contributed by atoms with Gasteiger partial charge in [0.25, 0.3) is 0 Å². The van der Waals surface area contributed by atoms with Crippen molar-refractivity contribution in [2.45, 2.75) is 39.3 Å². The molecule has 5 nitrogen and oxygen atoms in total. The highest BCUT2D eigenvalue weighted by Crippen LogP contribution is 2.07. The van der Waals surface area contributed by atoms with Gasteiger partial charge in [0.1, 0.15) is 0 Å². The molecule has 6 heteroatoms. The maximum absolute atomic E-state index is 11.8. The van der Waals surface area contributed by atoms with Crippen LogP contribution in [0, 0.1) is 0 Å². The normalized spacial score (nSPS) is 22.0. The summed E-state index contributed by atoms with van der Waals surface area (Å²) in [4.78, 5) is 2.24. The highest BCUT2D eigenvalue weighted by atomic mass is 32.2. The van der Waals surface area contributed by atoms with Gasteiger partial charge >= 0.3 is 0 Å². The number of morpholine rings is 1. The van der Waals surface area contributed by atoms with Crippen molar-refractivity contribution >= 4 is 9.84 Å². The molecule has 0 amide bonds. The lowest BCUT2D eigenvalue weighted by Crippen LogP contribution is -2.52. The minimum absolute atomic E-state index is 0.263. The maximum atomic E-state index is 11.8. The summed E-state index contributed by atoms with van der Waals surface area (Å²) >= 11 is 0. The van der Waals surface area contributed by atoms with Crippen molar-refractivity contribution < 1.29 is 13.2 Å². The summed E-state index contributed by atoms with van der Waals surface area (Å²) < 4.78 is 29.0. The number of nitrogens with zero attached hydrogens (tertiary/aromatic N) is 1. The highest BCUT2D eigenvalue weighted by Gasteiger charge is 2.24. The molecular formula is C13H28N2O3S. The average molecular weight is 292 g/mol. The van der Waals surface area contributed by atoms with Crippen LogP contribution in [0.2, 0.25) is 0 Å². The van der Waals surface area contributed by atoms with Crippen LogP contribution in [0.4, 0.5) is 0 Å². The Hall–Kier alpha value is -0.170. The van der Waals surface area contributed by atoms with Gasteiger partial charge in [0.2, 0.25) is 0 Å². The number of ether oxygens (including phenoxy) is 1. The van der Waals surface area contributed by atoms with Crippen molar-refractivity contribution in [1.29, 1.82) is 0 Å². The summed E-state index contributed by atoms with van der Waals surface area (Å²) in [6.07, 6.45) is 0.698. The monoisotopic (exact) mass is 292 g/mol. The third-order valence-corrected chi connectivity index (χ3v) is 5.15. The average Bonchev–Trinajstić information content (AvgIpc) is 2.35. The van der Waals surface area contributed by atoms with Crippen LogP contribution in [0.5, 0.6) is 0 Å². The first kappa shape index (κ1) is 16.9. The van der Waals surface area contributed by atoms with Gasteiger partial charge in [-0.1, -0.05) is 20.8 Å². The molecule has 1 atom stereocenters. The van der Waals surface area contributed by atoms with Gasteiger partial charge in [-0.25, -0.2) is 8.42 Å². The number of nitrogens with one attached hydrogen (secondary N) is 1. The first-order chi connectivity index (χ1) is 8.94. The molecule has 0 saturated carbocycles. The molecule has 0 aromatic carbocycles. The molecule has 1 aliphatic heterocycles. The first-order valence-electron chi connectivity index (χ1n) is 7.20. The van der Waals surface area contributed by atoms with Gasteiger partial charge < -0.3 is 10.1 Å². The zero-order chi connectivity index (χ0) is 14.3. The Bertz CT molecular complexity index is 344. The van der Waals surface area contributed by atoms with Crippen LogP contribution in [-0.2, 0) is 14.6 Å². The molecule has 1 heterocycles. The molecule has 1 N–H and O–H groups in total. The molecule has 1 saturated heterocycles. The van der Waals surface area contributed by atoms with Crippen LogP contribution in [0.15, 0.2) is 0 Å². The molecule has 114 valence electrons. The maximum Gasteiger partial charge on any atom is 0.151 e. The summed E-state index contributed by atoms with van der Waals surface area (Å²) in [5, 5.41) is 3.40. The van der Waals surface area contributed by atoms with E-state index in [2.05, 4.69) is 24.1 Å². The number of hydrogen-bond donors (Lipinski definition) is 1. The fourth-order valence-electron chi connectivity index (χ4n) is 2.21. The molecule has 0 spiro atoms. The van der Waals surface area contributed by atoms with Gasteiger partial charge in [-0.2, -0.15) is 0 Å². The third-order valence-electron chi connectivity index (χ3n) is 3.32. The Morgan fingerprint density at radius 3 is 2.74 bits per heavy atom. The molecule has 0 aromatic heterocycles. The van der Waals surface area contributed by atoms with E-state index in [-0.39, 0.29) is 11.8 Å². The predicted octanol–water partition coefficient (Wildman–Crippen LogP) is 0.510. The van der Waals surface area contributed by atoms with Crippen LogP contribution in [-0.4, -0.2) is 69.8 Å². The molecule has 0 aromatic rings. The van der Waals surface area contributed by atoms with Crippen LogP contribution in [0.1, 0.15) is 27.2 Å². The lowest BCUT2D eigenvalue weighted by Gasteiger charge is -2.36.